The van der Waals surface area contributed by atoms with Gasteiger partial charge in [-0.25, -0.2) is 0 Å². The first kappa shape index (κ1) is 12.0. The number of aliphatic hydroxyl groups is 1. The molecule has 0 bridgehead atoms. The second kappa shape index (κ2) is 4.20. The largest absolute Gasteiger partial charge is 0.416 e. The molecule has 0 saturated carbocycles. The van der Waals surface area contributed by atoms with Crippen LogP contribution >= 0.6 is 0 Å². The summed E-state index contributed by atoms with van der Waals surface area (Å²) in [5.41, 5.74) is 5.33. The second-order valence-corrected chi connectivity index (χ2v) is 3.39. The minimum Gasteiger partial charge on any atom is -0.391 e. The van der Waals surface area contributed by atoms with Gasteiger partial charge in [-0.3, -0.25) is 0 Å². The highest BCUT2D eigenvalue weighted by Crippen LogP contribution is 2.29. The highest BCUT2D eigenvalue weighted by atomic mass is 19.4. The van der Waals surface area contributed by atoms with Crippen LogP contribution in [0, 0.1) is 0 Å². The Bertz CT molecular complexity index is 318. The minimum absolute atomic E-state index is 0.484. The average molecular weight is 219 g/mol. The van der Waals surface area contributed by atoms with Gasteiger partial charge in [0.1, 0.15) is 0 Å². The van der Waals surface area contributed by atoms with E-state index in [0.717, 1.165) is 12.1 Å². The van der Waals surface area contributed by atoms with E-state index in [9.17, 15) is 13.2 Å². The maximum Gasteiger partial charge on any atom is 0.416 e. The first-order chi connectivity index (χ1) is 6.82. The van der Waals surface area contributed by atoms with Crippen molar-refractivity contribution in [2.45, 2.75) is 25.2 Å². The lowest BCUT2D eigenvalue weighted by molar-refractivity contribution is -0.137. The van der Waals surface area contributed by atoms with Crippen LogP contribution in [0.25, 0.3) is 0 Å². The van der Waals surface area contributed by atoms with E-state index >= 15 is 0 Å². The highest BCUT2D eigenvalue weighted by molar-refractivity contribution is 5.27. The number of nitrogens with two attached hydrogens (primary N) is 1. The summed E-state index contributed by atoms with van der Waals surface area (Å²) in [6.45, 7) is 1.49. The van der Waals surface area contributed by atoms with Crippen LogP contribution in [0.5, 0.6) is 0 Å². The van der Waals surface area contributed by atoms with Crippen molar-refractivity contribution in [1.82, 2.24) is 0 Å². The predicted octanol–water partition coefficient (Wildman–Crippen LogP) is 2.09. The molecule has 1 aromatic rings. The lowest BCUT2D eigenvalue weighted by atomic mass is 10.0. The molecule has 3 N–H and O–H groups in total. The number of benzene rings is 1. The molecule has 0 radical (unpaired) electrons. The fourth-order valence-corrected chi connectivity index (χ4v) is 1.17. The fraction of sp³-hybridized carbons (Fsp3) is 0.400. The Kier molecular flexibility index (Phi) is 3.36. The molecule has 0 aromatic heterocycles. The van der Waals surface area contributed by atoms with Gasteiger partial charge >= 0.3 is 6.18 Å². The zero-order valence-electron chi connectivity index (χ0n) is 8.12. The molecular weight excluding hydrogens is 207 g/mol. The van der Waals surface area contributed by atoms with Gasteiger partial charge in [0.05, 0.1) is 17.7 Å². The van der Waals surface area contributed by atoms with Crippen molar-refractivity contribution in [3.63, 3.8) is 0 Å². The van der Waals surface area contributed by atoms with Crippen LogP contribution < -0.4 is 5.73 Å². The predicted molar refractivity (Wildman–Crippen MR) is 50.1 cm³/mol. The van der Waals surface area contributed by atoms with Crippen LogP contribution in [0.15, 0.2) is 24.3 Å². The van der Waals surface area contributed by atoms with Gasteiger partial charge in [-0.2, -0.15) is 13.2 Å². The first-order valence-electron chi connectivity index (χ1n) is 4.43. The molecule has 5 heteroatoms. The Labute approximate surface area is 85.5 Å². The van der Waals surface area contributed by atoms with E-state index in [1.165, 1.54) is 19.1 Å². The summed E-state index contributed by atoms with van der Waals surface area (Å²) in [6.07, 6.45) is -5.13. The van der Waals surface area contributed by atoms with Gasteiger partial charge < -0.3 is 10.8 Å². The summed E-state index contributed by atoms with van der Waals surface area (Å²) in [5, 5.41) is 9.16. The van der Waals surface area contributed by atoms with E-state index in [1.54, 1.807) is 0 Å². The van der Waals surface area contributed by atoms with Crippen molar-refractivity contribution in [3.05, 3.63) is 35.4 Å². The Hall–Kier alpha value is -1.07. The van der Waals surface area contributed by atoms with Crippen LogP contribution in [-0.2, 0) is 6.18 Å². The molecule has 0 aliphatic rings. The van der Waals surface area contributed by atoms with Crippen molar-refractivity contribution in [2.75, 3.05) is 0 Å². The average Bonchev–Trinajstić information content (AvgIpc) is 2.15. The van der Waals surface area contributed by atoms with Crippen LogP contribution in [0.1, 0.15) is 24.1 Å². The topological polar surface area (TPSA) is 46.2 Å². The fourth-order valence-electron chi connectivity index (χ4n) is 1.17. The van der Waals surface area contributed by atoms with Gasteiger partial charge in [-0.15, -0.1) is 0 Å². The number of hydrogen-bond acceptors (Lipinski definition) is 2. The molecule has 0 aliphatic carbocycles. The lowest BCUT2D eigenvalue weighted by Crippen LogP contribution is -2.23. The zero-order chi connectivity index (χ0) is 11.6. The van der Waals surface area contributed by atoms with Crippen molar-refractivity contribution < 1.29 is 18.3 Å². The zero-order valence-corrected chi connectivity index (χ0v) is 8.12. The normalized spacial score (nSPS) is 16.1. The monoisotopic (exact) mass is 219 g/mol. The molecule has 0 saturated heterocycles. The molecule has 0 amide bonds. The van der Waals surface area contributed by atoms with Crippen molar-refractivity contribution in [3.8, 4) is 0 Å². The summed E-state index contributed by atoms with van der Waals surface area (Å²) in [5.74, 6) is 0. The van der Waals surface area contributed by atoms with Gasteiger partial charge in [0, 0.05) is 0 Å². The third kappa shape index (κ3) is 2.94. The summed E-state index contributed by atoms with van der Waals surface area (Å²) >= 11 is 0. The van der Waals surface area contributed by atoms with E-state index in [2.05, 4.69) is 0 Å². The molecule has 0 heterocycles. The molecule has 2 nitrogen and oxygen atoms in total. The van der Waals surface area contributed by atoms with Crippen LogP contribution in [-0.4, -0.2) is 11.2 Å². The van der Waals surface area contributed by atoms with Crippen molar-refractivity contribution in [1.29, 1.82) is 0 Å². The van der Waals surface area contributed by atoms with E-state index in [-0.39, 0.29) is 0 Å². The van der Waals surface area contributed by atoms with Crippen LogP contribution in [0.3, 0.4) is 0 Å². The molecule has 0 spiro atoms. The summed E-state index contributed by atoms with van der Waals surface area (Å²) in [6, 6.07) is 3.81. The van der Waals surface area contributed by atoms with Gasteiger partial charge in [-0.05, 0) is 24.6 Å². The number of alkyl halides is 3. The molecule has 84 valence electrons. The molecule has 2 unspecified atom stereocenters. The number of hydrogen-bond donors (Lipinski definition) is 2. The molecule has 0 fully saturated rings. The molecule has 1 rings (SSSR count). The quantitative estimate of drug-likeness (QED) is 0.800. The number of rotatable bonds is 2. The lowest BCUT2D eigenvalue weighted by Gasteiger charge is -2.15. The Morgan fingerprint density at radius 1 is 1.20 bits per heavy atom. The highest BCUT2D eigenvalue weighted by Gasteiger charge is 2.30. The Morgan fingerprint density at radius 3 is 2.00 bits per heavy atom. The molecule has 0 aliphatic heterocycles. The summed E-state index contributed by atoms with van der Waals surface area (Å²) < 4.78 is 36.6. The third-order valence-electron chi connectivity index (χ3n) is 2.14. The number of halogens is 3. The molecular formula is C10H12F3NO. The smallest absolute Gasteiger partial charge is 0.391 e. The van der Waals surface area contributed by atoms with Crippen LogP contribution in [0.4, 0.5) is 13.2 Å². The standard InChI is InChI=1S/C10H12F3NO/c1-6(15)9(14)7-2-4-8(5-3-7)10(11,12)13/h2-6,9,15H,14H2,1H3. The second-order valence-electron chi connectivity index (χ2n) is 3.39. The van der Waals surface area contributed by atoms with E-state index in [1.807, 2.05) is 0 Å². The van der Waals surface area contributed by atoms with E-state index < -0.39 is 23.9 Å². The van der Waals surface area contributed by atoms with Gasteiger partial charge in [-0.1, -0.05) is 12.1 Å². The molecule has 15 heavy (non-hydrogen) atoms. The van der Waals surface area contributed by atoms with E-state index in [0.29, 0.717) is 5.56 Å². The molecule has 1 aromatic carbocycles. The Balaban J connectivity index is 2.91. The third-order valence-corrected chi connectivity index (χ3v) is 2.14. The van der Waals surface area contributed by atoms with Crippen molar-refractivity contribution in [2.24, 2.45) is 5.73 Å². The van der Waals surface area contributed by atoms with Crippen molar-refractivity contribution >= 4 is 0 Å². The SMILES string of the molecule is CC(O)C(N)c1ccc(C(F)(F)F)cc1. The van der Waals surface area contributed by atoms with Crippen LogP contribution in [0.2, 0.25) is 0 Å². The van der Waals surface area contributed by atoms with E-state index in [4.69, 9.17) is 10.8 Å². The summed E-state index contributed by atoms with van der Waals surface area (Å²) in [7, 11) is 0. The van der Waals surface area contributed by atoms with Gasteiger partial charge in [0.25, 0.3) is 0 Å². The first-order valence-corrected chi connectivity index (χ1v) is 4.43. The summed E-state index contributed by atoms with van der Waals surface area (Å²) in [4.78, 5) is 0. The maximum absolute atomic E-state index is 12.2. The molecule has 2 atom stereocenters. The Morgan fingerprint density at radius 2 is 1.67 bits per heavy atom. The number of aliphatic hydroxyl groups excluding tert-OH is 1. The maximum atomic E-state index is 12.2. The van der Waals surface area contributed by atoms with Gasteiger partial charge in [0.2, 0.25) is 0 Å². The minimum atomic E-state index is -4.34. The van der Waals surface area contributed by atoms with Gasteiger partial charge in [0.15, 0.2) is 0 Å².